The molecule has 7 heteroatoms. The summed E-state index contributed by atoms with van der Waals surface area (Å²) in [7, 11) is 0. The van der Waals surface area contributed by atoms with Crippen molar-refractivity contribution < 1.29 is 9.18 Å². The zero-order chi connectivity index (χ0) is 19.8. The molecule has 1 atom stereocenters. The van der Waals surface area contributed by atoms with Gasteiger partial charge in [0.2, 0.25) is 5.91 Å². The van der Waals surface area contributed by atoms with Gasteiger partial charge in [-0.15, -0.1) is 11.3 Å². The summed E-state index contributed by atoms with van der Waals surface area (Å²) in [6.45, 7) is 3.50. The van der Waals surface area contributed by atoms with Crippen LogP contribution in [0.15, 0.2) is 53.3 Å². The van der Waals surface area contributed by atoms with E-state index in [0.717, 1.165) is 14.8 Å². The third-order valence-electron chi connectivity index (χ3n) is 4.76. The Bertz CT molecular complexity index is 1260. The van der Waals surface area contributed by atoms with Crippen LogP contribution in [-0.2, 0) is 11.3 Å². The van der Waals surface area contributed by atoms with Crippen LogP contribution in [0.4, 0.5) is 4.39 Å². The van der Waals surface area contributed by atoms with Crippen molar-refractivity contribution >= 4 is 37.4 Å². The highest BCUT2D eigenvalue weighted by Crippen LogP contribution is 2.32. The molecule has 0 saturated carbocycles. The number of fused-ring (bicyclic) bond motifs is 3. The van der Waals surface area contributed by atoms with Crippen LogP contribution in [0.5, 0.6) is 0 Å². The Kier molecular flexibility index (Phi) is 4.68. The van der Waals surface area contributed by atoms with Gasteiger partial charge in [-0.3, -0.25) is 9.59 Å². The first kappa shape index (κ1) is 18.3. The zero-order valence-corrected chi connectivity index (χ0v) is 16.2. The SMILES string of the molecule is Cc1nn(C(C)C(=O)NCc2ccccc2F)c(=O)c2c1sc1ccccc12. The van der Waals surface area contributed by atoms with Gasteiger partial charge in [0.25, 0.3) is 5.56 Å². The van der Waals surface area contributed by atoms with Crippen LogP contribution >= 0.6 is 11.3 Å². The molecule has 0 spiro atoms. The number of aryl methyl sites for hydroxylation is 1. The van der Waals surface area contributed by atoms with Crippen LogP contribution in [0.25, 0.3) is 20.2 Å². The smallest absolute Gasteiger partial charge is 0.276 e. The maximum atomic E-state index is 13.8. The van der Waals surface area contributed by atoms with Gasteiger partial charge in [0.15, 0.2) is 0 Å². The summed E-state index contributed by atoms with van der Waals surface area (Å²) in [4.78, 5) is 25.7. The number of carbonyl (C=O) groups is 1. The number of hydrogen-bond donors (Lipinski definition) is 1. The summed E-state index contributed by atoms with van der Waals surface area (Å²) in [5.74, 6) is -0.774. The molecule has 1 N–H and O–H groups in total. The minimum atomic E-state index is -0.818. The van der Waals surface area contributed by atoms with E-state index in [-0.39, 0.29) is 17.9 Å². The number of thiophene rings is 1. The minimum absolute atomic E-state index is 0.0488. The van der Waals surface area contributed by atoms with Gasteiger partial charge < -0.3 is 5.32 Å². The Hall–Kier alpha value is -3.06. The molecule has 0 fully saturated rings. The van der Waals surface area contributed by atoms with Crippen LogP contribution in [0.3, 0.4) is 0 Å². The van der Waals surface area contributed by atoms with Crippen molar-refractivity contribution in [3.05, 3.63) is 76.0 Å². The third kappa shape index (κ3) is 3.07. The first-order valence-electron chi connectivity index (χ1n) is 8.89. The second-order valence-corrected chi connectivity index (χ2v) is 7.67. The monoisotopic (exact) mass is 395 g/mol. The zero-order valence-electron chi connectivity index (χ0n) is 15.4. The summed E-state index contributed by atoms with van der Waals surface area (Å²) in [5, 5.41) is 8.51. The van der Waals surface area contributed by atoms with Crippen molar-refractivity contribution in [3.8, 4) is 0 Å². The summed E-state index contributed by atoms with van der Waals surface area (Å²) < 4.78 is 16.8. The maximum absolute atomic E-state index is 13.8. The molecule has 2 aromatic heterocycles. The van der Waals surface area contributed by atoms with E-state index < -0.39 is 11.9 Å². The van der Waals surface area contributed by atoms with Crippen molar-refractivity contribution in [2.24, 2.45) is 0 Å². The molecular weight excluding hydrogens is 377 g/mol. The van der Waals surface area contributed by atoms with Gasteiger partial charge in [-0.05, 0) is 26.0 Å². The van der Waals surface area contributed by atoms with E-state index >= 15 is 0 Å². The molecule has 4 rings (SSSR count). The highest BCUT2D eigenvalue weighted by Gasteiger charge is 2.21. The number of halogens is 1. The van der Waals surface area contributed by atoms with Crippen LogP contribution in [0.2, 0.25) is 0 Å². The molecule has 2 heterocycles. The van der Waals surface area contributed by atoms with Crippen molar-refractivity contribution in [1.29, 1.82) is 0 Å². The van der Waals surface area contributed by atoms with Gasteiger partial charge in [0.05, 0.1) is 15.8 Å². The van der Waals surface area contributed by atoms with Crippen LogP contribution in [-0.4, -0.2) is 15.7 Å². The number of benzene rings is 2. The molecule has 0 aliphatic heterocycles. The molecule has 142 valence electrons. The number of nitrogens with one attached hydrogen (secondary N) is 1. The molecule has 1 amide bonds. The lowest BCUT2D eigenvalue weighted by Gasteiger charge is -2.15. The molecule has 0 aliphatic rings. The molecule has 2 aromatic carbocycles. The lowest BCUT2D eigenvalue weighted by Crippen LogP contribution is -2.37. The molecule has 0 radical (unpaired) electrons. The number of nitrogens with zero attached hydrogens (tertiary/aromatic N) is 2. The highest BCUT2D eigenvalue weighted by molar-refractivity contribution is 7.26. The number of aromatic nitrogens is 2. The average Bonchev–Trinajstić information content (AvgIpc) is 3.10. The molecular formula is C21H18FN3O2S. The van der Waals surface area contributed by atoms with Crippen molar-refractivity contribution in [2.75, 3.05) is 0 Å². The first-order valence-corrected chi connectivity index (χ1v) is 9.71. The fraction of sp³-hybridized carbons (Fsp3) is 0.190. The molecule has 0 aliphatic carbocycles. The van der Waals surface area contributed by atoms with E-state index in [1.807, 2.05) is 31.2 Å². The maximum Gasteiger partial charge on any atom is 0.276 e. The van der Waals surface area contributed by atoms with Gasteiger partial charge in [-0.25, -0.2) is 9.07 Å². The molecule has 1 unspecified atom stereocenters. The molecule has 28 heavy (non-hydrogen) atoms. The number of carbonyl (C=O) groups excluding carboxylic acids is 1. The van der Waals surface area contributed by atoms with Crippen LogP contribution in [0.1, 0.15) is 24.2 Å². The van der Waals surface area contributed by atoms with E-state index in [0.29, 0.717) is 16.6 Å². The summed E-state index contributed by atoms with van der Waals surface area (Å²) in [6.07, 6.45) is 0. The number of amides is 1. The summed E-state index contributed by atoms with van der Waals surface area (Å²) >= 11 is 1.52. The topological polar surface area (TPSA) is 64.0 Å². The molecule has 0 saturated heterocycles. The Balaban J connectivity index is 1.69. The third-order valence-corrected chi connectivity index (χ3v) is 6.04. The van der Waals surface area contributed by atoms with Gasteiger partial charge in [-0.1, -0.05) is 36.4 Å². The number of rotatable bonds is 4. The van der Waals surface area contributed by atoms with Gasteiger partial charge in [-0.2, -0.15) is 5.10 Å². The lowest BCUT2D eigenvalue weighted by molar-refractivity contribution is -0.124. The Morgan fingerprint density at radius 1 is 1.21 bits per heavy atom. The first-order chi connectivity index (χ1) is 13.5. The fourth-order valence-electron chi connectivity index (χ4n) is 3.22. The Morgan fingerprint density at radius 2 is 1.93 bits per heavy atom. The second-order valence-electron chi connectivity index (χ2n) is 6.62. The Labute approximate surface area is 164 Å². The van der Waals surface area contributed by atoms with Crippen molar-refractivity contribution in [2.45, 2.75) is 26.4 Å². The van der Waals surface area contributed by atoms with Crippen molar-refractivity contribution in [3.63, 3.8) is 0 Å². The molecule has 0 bridgehead atoms. The van der Waals surface area contributed by atoms with E-state index in [1.54, 1.807) is 25.1 Å². The van der Waals surface area contributed by atoms with Crippen LogP contribution < -0.4 is 10.9 Å². The number of hydrogen-bond acceptors (Lipinski definition) is 4. The van der Waals surface area contributed by atoms with Gasteiger partial charge in [0.1, 0.15) is 11.9 Å². The van der Waals surface area contributed by atoms with E-state index in [4.69, 9.17) is 0 Å². The predicted molar refractivity (Wildman–Crippen MR) is 109 cm³/mol. The molecule has 5 nitrogen and oxygen atoms in total. The van der Waals surface area contributed by atoms with Crippen molar-refractivity contribution in [1.82, 2.24) is 15.1 Å². The quantitative estimate of drug-likeness (QED) is 0.569. The summed E-state index contributed by atoms with van der Waals surface area (Å²) in [5.41, 5.74) is 0.787. The minimum Gasteiger partial charge on any atom is -0.350 e. The largest absolute Gasteiger partial charge is 0.350 e. The van der Waals surface area contributed by atoms with E-state index in [2.05, 4.69) is 10.4 Å². The normalized spacial score (nSPS) is 12.4. The predicted octanol–water partition coefficient (Wildman–Crippen LogP) is 3.94. The van der Waals surface area contributed by atoms with Gasteiger partial charge in [0, 0.05) is 22.2 Å². The highest BCUT2D eigenvalue weighted by atomic mass is 32.1. The van der Waals surface area contributed by atoms with E-state index in [1.165, 1.54) is 22.1 Å². The Morgan fingerprint density at radius 3 is 2.71 bits per heavy atom. The standard InChI is InChI=1S/C21H18FN3O2S/c1-12-19-18(15-8-4-6-10-17(15)28-19)21(27)25(24-12)13(2)20(26)23-11-14-7-3-5-9-16(14)22/h3-10,13H,11H2,1-2H3,(H,23,26). The second kappa shape index (κ2) is 7.16. The average molecular weight is 395 g/mol. The van der Waals surface area contributed by atoms with Crippen LogP contribution in [0, 0.1) is 12.7 Å². The van der Waals surface area contributed by atoms with E-state index in [9.17, 15) is 14.0 Å². The summed E-state index contributed by atoms with van der Waals surface area (Å²) in [6, 6.07) is 13.1. The molecule has 4 aromatic rings. The lowest BCUT2D eigenvalue weighted by atomic mass is 10.2. The fourth-order valence-corrected chi connectivity index (χ4v) is 4.36. The van der Waals surface area contributed by atoms with Gasteiger partial charge >= 0.3 is 0 Å².